The molecule has 1 atom stereocenters. The van der Waals surface area contributed by atoms with E-state index in [1.165, 1.54) is 16.8 Å². The van der Waals surface area contributed by atoms with Gasteiger partial charge in [0.1, 0.15) is 0 Å². The van der Waals surface area contributed by atoms with Gasteiger partial charge in [0.05, 0.1) is 0 Å². The van der Waals surface area contributed by atoms with Crippen LogP contribution in [0.1, 0.15) is 20.3 Å². The second kappa shape index (κ2) is 2.74. The minimum atomic E-state index is 0.556. The predicted molar refractivity (Wildman–Crippen MR) is 52.2 cm³/mol. The molecule has 0 radical (unpaired) electrons. The zero-order valence-corrected chi connectivity index (χ0v) is 7.54. The first-order chi connectivity index (χ1) is 5.77. The average Bonchev–Trinajstić information content (AvgIpc) is 2.07. The predicted octanol–water partition coefficient (Wildman–Crippen LogP) is 2.87. The lowest BCUT2D eigenvalue weighted by Gasteiger charge is -2.23. The van der Waals surface area contributed by atoms with E-state index >= 15 is 0 Å². The van der Waals surface area contributed by atoms with Gasteiger partial charge in [-0.2, -0.15) is 0 Å². The smallest absolute Gasteiger partial charge is 0.0478 e. The van der Waals surface area contributed by atoms with Gasteiger partial charge in [0.2, 0.25) is 0 Å². The zero-order valence-electron chi connectivity index (χ0n) is 7.54. The Morgan fingerprint density at radius 3 is 2.92 bits per heavy atom. The molecule has 1 aliphatic heterocycles. The molecule has 0 saturated carbocycles. The van der Waals surface area contributed by atoms with Gasteiger partial charge in [-0.15, -0.1) is 0 Å². The van der Waals surface area contributed by atoms with E-state index in [1.807, 2.05) is 6.21 Å². The lowest BCUT2D eigenvalue weighted by atomic mass is 9.85. The Balaban J connectivity index is 2.37. The standard InChI is InChI=1S/C11H13N/c1-8-3-4-11-10(7-8)9(2)5-6-12-11/h3-6,10H,7H2,1-2H3. The van der Waals surface area contributed by atoms with Gasteiger partial charge in [-0.05, 0) is 32.4 Å². The highest BCUT2D eigenvalue weighted by Gasteiger charge is 2.20. The maximum absolute atomic E-state index is 4.35. The molecule has 2 rings (SSSR count). The summed E-state index contributed by atoms with van der Waals surface area (Å²) in [6.45, 7) is 4.36. The van der Waals surface area contributed by atoms with Crippen molar-refractivity contribution in [3.8, 4) is 0 Å². The first-order valence-electron chi connectivity index (χ1n) is 4.35. The van der Waals surface area contributed by atoms with Crippen molar-refractivity contribution in [1.82, 2.24) is 0 Å². The van der Waals surface area contributed by atoms with Crippen LogP contribution in [-0.2, 0) is 0 Å². The lowest BCUT2D eigenvalue weighted by Crippen LogP contribution is -2.11. The summed E-state index contributed by atoms with van der Waals surface area (Å²) < 4.78 is 0. The first-order valence-corrected chi connectivity index (χ1v) is 4.35. The third-order valence-electron chi connectivity index (χ3n) is 2.53. The average molecular weight is 159 g/mol. The third kappa shape index (κ3) is 1.15. The van der Waals surface area contributed by atoms with Crippen LogP contribution in [0.4, 0.5) is 0 Å². The van der Waals surface area contributed by atoms with Crippen LogP contribution < -0.4 is 0 Å². The minimum Gasteiger partial charge on any atom is -0.261 e. The Kier molecular flexibility index (Phi) is 1.72. The molecule has 0 fully saturated rings. The summed E-state index contributed by atoms with van der Waals surface area (Å²) in [4.78, 5) is 4.35. The van der Waals surface area contributed by atoms with Crippen molar-refractivity contribution in [3.63, 3.8) is 0 Å². The van der Waals surface area contributed by atoms with Crippen molar-refractivity contribution in [3.05, 3.63) is 35.1 Å². The Labute approximate surface area is 73.2 Å². The summed E-state index contributed by atoms with van der Waals surface area (Å²) in [7, 11) is 0. The summed E-state index contributed by atoms with van der Waals surface area (Å²) >= 11 is 0. The Morgan fingerprint density at radius 1 is 1.25 bits per heavy atom. The molecule has 0 N–H and O–H groups in total. The normalized spacial score (nSPS) is 27.2. The second-order valence-corrected chi connectivity index (χ2v) is 3.55. The maximum atomic E-state index is 4.35. The molecule has 1 heterocycles. The van der Waals surface area contributed by atoms with Crippen molar-refractivity contribution in [2.24, 2.45) is 10.9 Å². The van der Waals surface area contributed by atoms with Gasteiger partial charge in [0.25, 0.3) is 0 Å². The maximum Gasteiger partial charge on any atom is 0.0478 e. The van der Waals surface area contributed by atoms with Crippen molar-refractivity contribution in [1.29, 1.82) is 0 Å². The Bertz CT molecular complexity index is 316. The van der Waals surface area contributed by atoms with Crippen molar-refractivity contribution >= 4 is 6.21 Å². The number of hydrogen-bond donors (Lipinski definition) is 0. The Hall–Kier alpha value is -1.11. The van der Waals surface area contributed by atoms with E-state index in [2.05, 4.69) is 37.1 Å². The van der Waals surface area contributed by atoms with E-state index in [1.54, 1.807) is 0 Å². The van der Waals surface area contributed by atoms with E-state index < -0.39 is 0 Å². The van der Waals surface area contributed by atoms with Gasteiger partial charge in [-0.25, -0.2) is 0 Å². The summed E-state index contributed by atoms with van der Waals surface area (Å²) in [6, 6.07) is 0. The quantitative estimate of drug-likeness (QED) is 0.515. The van der Waals surface area contributed by atoms with Crippen LogP contribution in [0, 0.1) is 5.92 Å². The second-order valence-electron chi connectivity index (χ2n) is 3.55. The van der Waals surface area contributed by atoms with Crippen molar-refractivity contribution in [2.45, 2.75) is 20.3 Å². The fourth-order valence-corrected chi connectivity index (χ4v) is 1.72. The van der Waals surface area contributed by atoms with Gasteiger partial charge in [-0.3, -0.25) is 4.99 Å². The molecule has 0 saturated heterocycles. The number of dihydropyridines is 1. The van der Waals surface area contributed by atoms with Crippen LogP contribution in [-0.4, -0.2) is 6.21 Å². The lowest BCUT2D eigenvalue weighted by molar-refractivity contribution is 0.679. The largest absolute Gasteiger partial charge is 0.261 e. The zero-order chi connectivity index (χ0) is 8.55. The van der Waals surface area contributed by atoms with Crippen LogP contribution in [0.3, 0.4) is 0 Å². The molecular formula is C11H13N. The molecule has 2 aliphatic rings. The fourth-order valence-electron chi connectivity index (χ4n) is 1.72. The van der Waals surface area contributed by atoms with Gasteiger partial charge >= 0.3 is 0 Å². The molecule has 0 spiro atoms. The highest BCUT2D eigenvalue weighted by Crippen LogP contribution is 2.32. The van der Waals surface area contributed by atoms with Gasteiger partial charge in [0, 0.05) is 17.8 Å². The molecule has 1 aliphatic carbocycles. The van der Waals surface area contributed by atoms with E-state index in [-0.39, 0.29) is 0 Å². The Morgan fingerprint density at radius 2 is 2.08 bits per heavy atom. The van der Waals surface area contributed by atoms with Crippen LogP contribution in [0.15, 0.2) is 40.1 Å². The minimum absolute atomic E-state index is 0.556. The molecule has 0 aromatic carbocycles. The number of nitrogens with zero attached hydrogens (tertiary/aromatic N) is 1. The van der Waals surface area contributed by atoms with Gasteiger partial charge < -0.3 is 0 Å². The number of fused-ring (bicyclic) bond motifs is 1. The van der Waals surface area contributed by atoms with Gasteiger partial charge in [-0.1, -0.05) is 17.2 Å². The molecule has 0 aromatic heterocycles. The summed E-state index contributed by atoms with van der Waals surface area (Å²) in [5.41, 5.74) is 4.11. The fraction of sp³-hybridized carbons (Fsp3) is 0.364. The first kappa shape index (κ1) is 7.53. The third-order valence-corrected chi connectivity index (χ3v) is 2.53. The van der Waals surface area contributed by atoms with Crippen LogP contribution in [0.2, 0.25) is 0 Å². The molecule has 0 aromatic rings. The molecule has 12 heavy (non-hydrogen) atoms. The van der Waals surface area contributed by atoms with Crippen molar-refractivity contribution in [2.75, 3.05) is 0 Å². The number of hydrogen-bond acceptors (Lipinski definition) is 1. The van der Waals surface area contributed by atoms with Crippen LogP contribution >= 0.6 is 0 Å². The molecule has 62 valence electrons. The summed E-state index contributed by atoms with van der Waals surface area (Å²) in [5, 5.41) is 0. The number of rotatable bonds is 0. The molecule has 1 unspecified atom stereocenters. The molecule has 0 bridgehead atoms. The number of aliphatic imine (C=N–C) groups is 1. The molecule has 1 nitrogen and oxygen atoms in total. The summed E-state index contributed by atoms with van der Waals surface area (Å²) in [5.74, 6) is 0.556. The van der Waals surface area contributed by atoms with Crippen LogP contribution in [0.25, 0.3) is 0 Å². The van der Waals surface area contributed by atoms with E-state index in [0.717, 1.165) is 6.42 Å². The summed E-state index contributed by atoms with van der Waals surface area (Å²) in [6.07, 6.45) is 9.45. The van der Waals surface area contributed by atoms with E-state index in [4.69, 9.17) is 0 Å². The van der Waals surface area contributed by atoms with Gasteiger partial charge in [0.15, 0.2) is 0 Å². The number of allylic oxidation sites excluding steroid dienone is 5. The monoisotopic (exact) mass is 159 g/mol. The molecular weight excluding hydrogens is 146 g/mol. The van der Waals surface area contributed by atoms with E-state index in [9.17, 15) is 0 Å². The van der Waals surface area contributed by atoms with Crippen LogP contribution in [0.5, 0.6) is 0 Å². The van der Waals surface area contributed by atoms with Crippen molar-refractivity contribution < 1.29 is 0 Å². The van der Waals surface area contributed by atoms with E-state index in [0.29, 0.717) is 5.92 Å². The molecule has 0 amide bonds. The molecule has 1 heteroatoms. The SMILES string of the molecule is CC1=CC=C2N=CC=C(C)C2C1. The highest BCUT2D eigenvalue weighted by molar-refractivity contribution is 5.75. The highest BCUT2D eigenvalue weighted by atomic mass is 14.8. The topological polar surface area (TPSA) is 12.4 Å².